The Morgan fingerprint density at radius 1 is 0.969 bits per heavy atom. The van der Waals surface area contributed by atoms with Gasteiger partial charge in [-0.2, -0.15) is 0 Å². The Morgan fingerprint density at radius 3 is 2.31 bits per heavy atom. The van der Waals surface area contributed by atoms with Crippen molar-refractivity contribution in [2.75, 3.05) is 41.4 Å². The van der Waals surface area contributed by atoms with E-state index >= 15 is 0 Å². The smallest absolute Gasteiger partial charge is 0.355 e. The van der Waals surface area contributed by atoms with Crippen LogP contribution in [0.5, 0.6) is 0 Å². The molecule has 1 aliphatic rings. The lowest BCUT2D eigenvalue weighted by Crippen LogP contribution is -2.47. The van der Waals surface area contributed by atoms with Crippen molar-refractivity contribution in [3.05, 3.63) is 82.2 Å². The molecule has 2 aromatic carbocycles. The highest BCUT2D eigenvalue weighted by Crippen LogP contribution is 2.32. The fourth-order valence-corrected chi connectivity index (χ4v) is 3.69. The zero-order valence-corrected chi connectivity index (χ0v) is 17.6. The average molecular weight is 433 g/mol. The van der Waals surface area contributed by atoms with Gasteiger partial charge in [-0.05, 0) is 30.7 Å². The first-order valence-electron chi connectivity index (χ1n) is 10.2. The average Bonchev–Trinajstić information content (AvgIpc) is 2.83. The van der Waals surface area contributed by atoms with E-state index in [9.17, 15) is 14.9 Å². The molecule has 2 heterocycles. The number of carbonyl (C=O) groups is 1. The van der Waals surface area contributed by atoms with Crippen LogP contribution in [-0.2, 0) is 0 Å². The quantitative estimate of drug-likeness (QED) is 0.450. The number of benzene rings is 2. The van der Waals surface area contributed by atoms with Crippen LogP contribution in [0.4, 0.5) is 23.0 Å². The van der Waals surface area contributed by atoms with E-state index in [1.165, 1.54) is 6.33 Å². The number of amides is 1. The maximum Gasteiger partial charge on any atom is 0.355 e. The minimum atomic E-state index is -0.527. The standard InChI is InChI=1S/C22H23N7O3/c1-16-7-5-6-10-18(16)22(30)26-25-20-19(29(31)32)21(24-15-23-20)28-13-11-27(12-14-28)17-8-3-2-4-9-17/h2-10,15H,11-14H2,1H3,(H,26,30)(H,23,24,25). The Balaban J connectivity index is 1.49. The zero-order valence-electron chi connectivity index (χ0n) is 17.6. The molecule has 10 heteroatoms. The van der Waals surface area contributed by atoms with Crippen molar-refractivity contribution in [3.8, 4) is 0 Å². The van der Waals surface area contributed by atoms with Crippen LogP contribution in [0.1, 0.15) is 15.9 Å². The number of aryl methyl sites for hydroxylation is 1. The van der Waals surface area contributed by atoms with E-state index in [0.717, 1.165) is 11.3 Å². The number of hydrogen-bond donors (Lipinski definition) is 2. The highest BCUT2D eigenvalue weighted by atomic mass is 16.6. The molecule has 0 aliphatic carbocycles. The van der Waals surface area contributed by atoms with E-state index in [4.69, 9.17) is 0 Å². The van der Waals surface area contributed by atoms with Gasteiger partial charge in [-0.3, -0.25) is 25.8 Å². The number of nitrogens with one attached hydrogen (secondary N) is 2. The van der Waals surface area contributed by atoms with Crippen molar-refractivity contribution in [2.45, 2.75) is 6.92 Å². The van der Waals surface area contributed by atoms with Gasteiger partial charge < -0.3 is 9.80 Å². The summed E-state index contributed by atoms with van der Waals surface area (Å²) in [5.41, 5.74) is 7.21. The molecule has 32 heavy (non-hydrogen) atoms. The first-order valence-corrected chi connectivity index (χ1v) is 10.2. The molecule has 0 bridgehead atoms. The van der Waals surface area contributed by atoms with Crippen LogP contribution in [0.25, 0.3) is 0 Å². The summed E-state index contributed by atoms with van der Waals surface area (Å²) >= 11 is 0. The molecule has 0 unspecified atom stereocenters. The second-order valence-electron chi connectivity index (χ2n) is 7.36. The molecule has 1 saturated heterocycles. The number of rotatable bonds is 6. The van der Waals surface area contributed by atoms with Gasteiger partial charge in [-0.15, -0.1) is 0 Å². The van der Waals surface area contributed by atoms with E-state index in [-0.39, 0.29) is 17.3 Å². The summed E-state index contributed by atoms with van der Waals surface area (Å²) in [7, 11) is 0. The lowest BCUT2D eigenvalue weighted by atomic mass is 10.1. The second-order valence-corrected chi connectivity index (χ2v) is 7.36. The van der Waals surface area contributed by atoms with Crippen molar-refractivity contribution in [2.24, 2.45) is 0 Å². The summed E-state index contributed by atoms with van der Waals surface area (Å²) in [6, 6.07) is 17.1. The molecule has 0 radical (unpaired) electrons. The molecule has 164 valence electrons. The maximum atomic E-state index is 12.5. The van der Waals surface area contributed by atoms with Crippen molar-refractivity contribution >= 4 is 28.9 Å². The third kappa shape index (κ3) is 4.43. The summed E-state index contributed by atoms with van der Waals surface area (Å²) in [4.78, 5) is 36.1. The van der Waals surface area contributed by atoms with Crippen LogP contribution in [-0.4, -0.2) is 47.0 Å². The number of nitro groups is 1. The Bertz CT molecular complexity index is 1120. The van der Waals surface area contributed by atoms with Gasteiger partial charge in [-0.1, -0.05) is 36.4 Å². The lowest BCUT2D eigenvalue weighted by molar-refractivity contribution is -0.383. The van der Waals surface area contributed by atoms with Crippen LogP contribution in [0, 0.1) is 17.0 Å². The van der Waals surface area contributed by atoms with Crippen LogP contribution in [0.3, 0.4) is 0 Å². The number of hydrogen-bond acceptors (Lipinski definition) is 8. The Kier molecular flexibility index (Phi) is 6.11. The molecular weight excluding hydrogens is 410 g/mol. The fraction of sp³-hybridized carbons (Fsp3) is 0.227. The monoisotopic (exact) mass is 433 g/mol. The number of nitrogens with zero attached hydrogens (tertiary/aromatic N) is 5. The van der Waals surface area contributed by atoms with Crippen LogP contribution >= 0.6 is 0 Å². The van der Waals surface area contributed by atoms with E-state index < -0.39 is 10.8 Å². The first kappa shape index (κ1) is 21.0. The molecule has 10 nitrogen and oxygen atoms in total. The number of para-hydroxylation sites is 1. The highest BCUT2D eigenvalue weighted by molar-refractivity contribution is 5.96. The van der Waals surface area contributed by atoms with Gasteiger partial charge in [0.15, 0.2) is 0 Å². The van der Waals surface area contributed by atoms with Crippen molar-refractivity contribution in [1.29, 1.82) is 0 Å². The summed E-state index contributed by atoms with van der Waals surface area (Å²) < 4.78 is 0. The Labute approximate surface area is 185 Å². The molecule has 1 aromatic heterocycles. The van der Waals surface area contributed by atoms with Crippen LogP contribution in [0.15, 0.2) is 60.9 Å². The summed E-state index contributed by atoms with van der Waals surface area (Å²) in [5, 5.41) is 11.9. The summed E-state index contributed by atoms with van der Waals surface area (Å²) in [6.07, 6.45) is 1.26. The lowest BCUT2D eigenvalue weighted by Gasteiger charge is -2.36. The summed E-state index contributed by atoms with van der Waals surface area (Å²) in [5.74, 6) is -0.244. The molecule has 2 N–H and O–H groups in total. The number of carbonyl (C=O) groups excluding carboxylic acids is 1. The second kappa shape index (κ2) is 9.29. The van der Waals surface area contributed by atoms with Gasteiger partial charge in [0.05, 0.1) is 4.92 Å². The van der Waals surface area contributed by atoms with Crippen molar-refractivity contribution in [1.82, 2.24) is 15.4 Å². The fourth-order valence-electron chi connectivity index (χ4n) is 3.69. The molecule has 0 atom stereocenters. The molecule has 4 rings (SSSR count). The minimum absolute atomic E-state index is 0.0626. The molecule has 1 amide bonds. The number of anilines is 3. The van der Waals surface area contributed by atoms with Crippen molar-refractivity contribution < 1.29 is 9.72 Å². The van der Waals surface area contributed by atoms with Gasteiger partial charge in [0, 0.05) is 37.4 Å². The molecule has 1 aliphatic heterocycles. The van der Waals surface area contributed by atoms with Crippen LogP contribution in [0.2, 0.25) is 0 Å². The number of hydrazine groups is 1. The van der Waals surface area contributed by atoms with E-state index in [0.29, 0.717) is 31.7 Å². The Morgan fingerprint density at radius 2 is 1.62 bits per heavy atom. The first-order chi connectivity index (χ1) is 15.5. The zero-order chi connectivity index (χ0) is 22.5. The Hall–Kier alpha value is -4.21. The third-order valence-corrected chi connectivity index (χ3v) is 5.37. The summed E-state index contributed by atoms with van der Waals surface area (Å²) in [6.45, 7) is 4.37. The predicted molar refractivity (Wildman–Crippen MR) is 122 cm³/mol. The predicted octanol–water partition coefficient (Wildman–Crippen LogP) is 2.78. The molecule has 0 spiro atoms. The van der Waals surface area contributed by atoms with E-state index in [1.807, 2.05) is 54.3 Å². The van der Waals surface area contributed by atoms with Crippen molar-refractivity contribution in [3.63, 3.8) is 0 Å². The normalized spacial score (nSPS) is 13.5. The molecule has 1 fully saturated rings. The van der Waals surface area contributed by atoms with Gasteiger partial charge in [0.25, 0.3) is 5.91 Å². The molecule has 3 aromatic rings. The number of piperazine rings is 1. The van der Waals surface area contributed by atoms with Gasteiger partial charge in [0.2, 0.25) is 11.6 Å². The van der Waals surface area contributed by atoms with Crippen LogP contribution < -0.4 is 20.7 Å². The van der Waals surface area contributed by atoms with E-state index in [1.54, 1.807) is 12.1 Å². The SMILES string of the molecule is Cc1ccccc1C(=O)NNc1ncnc(N2CCN(c3ccccc3)CC2)c1[N+](=O)[O-]. The largest absolute Gasteiger partial charge is 0.368 e. The maximum absolute atomic E-state index is 12.5. The van der Waals surface area contributed by atoms with Gasteiger partial charge in [-0.25, -0.2) is 9.97 Å². The molecular formula is C22H23N7O3. The number of aromatic nitrogens is 2. The van der Waals surface area contributed by atoms with Gasteiger partial charge in [0.1, 0.15) is 6.33 Å². The molecule has 0 saturated carbocycles. The topological polar surface area (TPSA) is 117 Å². The third-order valence-electron chi connectivity index (χ3n) is 5.37. The van der Waals surface area contributed by atoms with Gasteiger partial charge >= 0.3 is 5.69 Å². The van der Waals surface area contributed by atoms with E-state index in [2.05, 4.69) is 25.7 Å². The highest BCUT2D eigenvalue weighted by Gasteiger charge is 2.29. The minimum Gasteiger partial charge on any atom is -0.368 e.